The van der Waals surface area contributed by atoms with E-state index >= 15 is 0 Å². The summed E-state index contributed by atoms with van der Waals surface area (Å²) in [7, 11) is 0. The van der Waals surface area contributed by atoms with Crippen molar-refractivity contribution in [3.05, 3.63) is 0 Å². The van der Waals surface area contributed by atoms with Crippen LogP contribution in [0.25, 0.3) is 0 Å². The summed E-state index contributed by atoms with van der Waals surface area (Å²) in [6, 6.07) is 0. The standard InChI is InChI=1S/C13H23NO4.Na/c1-13(2,3)18-12(17)14-8-9-4-6-10(7-5-9)11(15)16;/h9-10H,4-8H2,1-3H3,(H,14,17)(H,15,16);/q;+1/p-1. The smallest absolute Gasteiger partial charge is 0.550 e. The topological polar surface area (TPSA) is 78.5 Å². The Morgan fingerprint density at radius 2 is 1.74 bits per heavy atom. The van der Waals surface area contributed by atoms with Gasteiger partial charge in [0, 0.05) is 12.5 Å². The Hall–Kier alpha value is -0.260. The first-order valence-corrected chi connectivity index (χ1v) is 6.45. The number of amides is 1. The molecular formula is C13H22NNaO4. The normalized spacial score (nSPS) is 23.1. The molecule has 0 aromatic rings. The van der Waals surface area contributed by atoms with Crippen molar-refractivity contribution in [3.63, 3.8) is 0 Å². The van der Waals surface area contributed by atoms with Crippen molar-refractivity contribution in [3.8, 4) is 0 Å². The molecule has 1 amide bonds. The van der Waals surface area contributed by atoms with Gasteiger partial charge in [0.2, 0.25) is 0 Å². The van der Waals surface area contributed by atoms with Crippen molar-refractivity contribution in [1.82, 2.24) is 5.32 Å². The number of carbonyl (C=O) groups is 2. The van der Waals surface area contributed by atoms with Crippen LogP contribution in [0.2, 0.25) is 0 Å². The summed E-state index contributed by atoms with van der Waals surface area (Å²) in [5.41, 5.74) is -0.489. The quantitative estimate of drug-likeness (QED) is 0.610. The minimum Gasteiger partial charge on any atom is -0.550 e. The molecule has 0 aromatic carbocycles. The van der Waals surface area contributed by atoms with E-state index in [9.17, 15) is 14.7 Å². The minimum absolute atomic E-state index is 0. The molecule has 1 fully saturated rings. The average molecular weight is 279 g/mol. The van der Waals surface area contributed by atoms with E-state index in [1.54, 1.807) is 0 Å². The van der Waals surface area contributed by atoms with Crippen molar-refractivity contribution in [2.75, 3.05) is 6.54 Å². The number of rotatable bonds is 3. The number of alkyl carbamates (subject to hydrolysis) is 1. The van der Waals surface area contributed by atoms with Crippen molar-refractivity contribution in [2.24, 2.45) is 11.8 Å². The maximum Gasteiger partial charge on any atom is 1.00 e. The van der Waals surface area contributed by atoms with E-state index in [1.807, 2.05) is 20.8 Å². The number of hydrogen-bond donors (Lipinski definition) is 1. The summed E-state index contributed by atoms with van der Waals surface area (Å²) in [5, 5.41) is 13.4. The fourth-order valence-electron chi connectivity index (χ4n) is 2.14. The van der Waals surface area contributed by atoms with Crippen LogP contribution in [0.1, 0.15) is 46.5 Å². The van der Waals surface area contributed by atoms with Gasteiger partial charge in [-0.1, -0.05) is 0 Å². The molecule has 0 bridgehead atoms. The second-order valence-electron chi connectivity index (χ2n) is 5.92. The minimum atomic E-state index is -0.950. The Balaban J connectivity index is 0.00000324. The molecule has 0 radical (unpaired) electrons. The van der Waals surface area contributed by atoms with Crippen LogP contribution in [0, 0.1) is 11.8 Å². The monoisotopic (exact) mass is 279 g/mol. The molecule has 0 saturated heterocycles. The van der Waals surface area contributed by atoms with Crippen molar-refractivity contribution in [2.45, 2.75) is 52.1 Å². The van der Waals surface area contributed by atoms with Gasteiger partial charge >= 0.3 is 35.7 Å². The maximum atomic E-state index is 11.4. The van der Waals surface area contributed by atoms with Gasteiger partial charge in [0.15, 0.2) is 0 Å². The van der Waals surface area contributed by atoms with E-state index in [2.05, 4.69) is 5.32 Å². The molecule has 19 heavy (non-hydrogen) atoms. The fraction of sp³-hybridized carbons (Fsp3) is 0.846. The van der Waals surface area contributed by atoms with Gasteiger partial charge < -0.3 is 20.0 Å². The SMILES string of the molecule is CC(C)(C)OC(=O)NCC1CCC(C(=O)[O-])CC1.[Na+]. The van der Waals surface area contributed by atoms with E-state index in [4.69, 9.17) is 4.74 Å². The predicted molar refractivity (Wildman–Crippen MR) is 64.7 cm³/mol. The van der Waals surface area contributed by atoms with Gasteiger partial charge in [0.1, 0.15) is 5.60 Å². The summed E-state index contributed by atoms with van der Waals surface area (Å²) >= 11 is 0. The summed E-state index contributed by atoms with van der Waals surface area (Å²) in [6.07, 6.45) is 2.50. The van der Waals surface area contributed by atoms with Gasteiger partial charge in [-0.3, -0.25) is 0 Å². The van der Waals surface area contributed by atoms with Crippen LogP contribution in [0.4, 0.5) is 4.79 Å². The number of aliphatic carboxylic acids is 1. The zero-order chi connectivity index (χ0) is 13.8. The molecule has 6 heteroatoms. The fourth-order valence-corrected chi connectivity index (χ4v) is 2.14. The Bertz CT molecular complexity index is 306. The number of carboxylic acids is 1. The van der Waals surface area contributed by atoms with E-state index in [0.29, 0.717) is 25.3 Å². The third-order valence-electron chi connectivity index (χ3n) is 3.11. The van der Waals surface area contributed by atoms with Crippen LogP contribution in [0.5, 0.6) is 0 Å². The van der Waals surface area contributed by atoms with E-state index in [-0.39, 0.29) is 35.5 Å². The van der Waals surface area contributed by atoms with Gasteiger partial charge in [0.25, 0.3) is 0 Å². The number of nitrogens with one attached hydrogen (secondary N) is 1. The molecule has 1 aliphatic carbocycles. The Morgan fingerprint density at radius 3 is 2.16 bits per heavy atom. The van der Waals surface area contributed by atoms with Gasteiger partial charge in [-0.25, -0.2) is 4.79 Å². The Morgan fingerprint density at radius 1 is 1.21 bits per heavy atom. The van der Waals surface area contributed by atoms with Crippen molar-refractivity contribution in [1.29, 1.82) is 0 Å². The van der Waals surface area contributed by atoms with Crippen molar-refractivity contribution >= 4 is 12.1 Å². The molecule has 1 aliphatic rings. The molecular weight excluding hydrogens is 257 g/mol. The molecule has 0 aromatic heterocycles. The molecule has 0 atom stereocenters. The first-order valence-electron chi connectivity index (χ1n) is 6.45. The molecule has 1 saturated carbocycles. The molecule has 1 rings (SSSR count). The summed E-state index contributed by atoms with van der Waals surface area (Å²) in [6.45, 7) is 6.00. The molecule has 0 heterocycles. The van der Waals surface area contributed by atoms with Gasteiger partial charge in [-0.05, 0) is 58.3 Å². The summed E-state index contributed by atoms with van der Waals surface area (Å²) in [4.78, 5) is 22.1. The van der Waals surface area contributed by atoms with Crippen molar-refractivity contribution < 1.29 is 49.0 Å². The van der Waals surface area contributed by atoms with Gasteiger partial charge in [-0.2, -0.15) is 0 Å². The average Bonchev–Trinajstić information content (AvgIpc) is 2.24. The van der Waals surface area contributed by atoms with Crippen LogP contribution in [-0.4, -0.2) is 24.2 Å². The first kappa shape index (κ1) is 18.7. The Kier molecular flexibility index (Phi) is 8.01. The third kappa shape index (κ3) is 7.80. The Labute approximate surface area is 136 Å². The number of carboxylic acid groups (broad SMARTS) is 1. The van der Waals surface area contributed by atoms with Gasteiger partial charge in [-0.15, -0.1) is 0 Å². The zero-order valence-electron chi connectivity index (χ0n) is 12.3. The zero-order valence-corrected chi connectivity index (χ0v) is 14.3. The largest absolute Gasteiger partial charge is 1.00 e. The third-order valence-corrected chi connectivity index (χ3v) is 3.11. The van der Waals surface area contributed by atoms with Crippen LogP contribution >= 0.6 is 0 Å². The second-order valence-corrected chi connectivity index (χ2v) is 5.92. The molecule has 5 nitrogen and oxygen atoms in total. The van der Waals surface area contributed by atoms with E-state index < -0.39 is 17.7 Å². The predicted octanol–water partition coefficient (Wildman–Crippen LogP) is -1.93. The van der Waals surface area contributed by atoms with E-state index in [1.165, 1.54) is 0 Å². The van der Waals surface area contributed by atoms with Crippen LogP contribution in [0.15, 0.2) is 0 Å². The van der Waals surface area contributed by atoms with E-state index in [0.717, 1.165) is 12.8 Å². The molecule has 0 spiro atoms. The van der Waals surface area contributed by atoms with Crippen LogP contribution in [0.3, 0.4) is 0 Å². The summed E-state index contributed by atoms with van der Waals surface area (Å²) in [5.74, 6) is -0.926. The molecule has 0 unspecified atom stereocenters. The molecule has 1 N–H and O–H groups in total. The molecule has 0 aliphatic heterocycles. The van der Waals surface area contributed by atoms with Gasteiger partial charge in [0.05, 0.1) is 0 Å². The molecule has 104 valence electrons. The first-order chi connectivity index (χ1) is 8.28. The van der Waals surface area contributed by atoms with Crippen LogP contribution < -0.4 is 40.0 Å². The summed E-state index contributed by atoms with van der Waals surface area (Å²) < 4.78 is 5.13. The maximum absolute atomic E-state index is 11.4. The number of hydrogen-bond acceptors (Lipinski definition) is 4. The second kappa shape index (κ2) is 8.12. The van der Waals surface area contributed by atoms with Crippen LogP contribution in [-0.2, 0) is 9.53 Å². The number of ether oxygens (including phenoxy) is 1. The number of carbonyl (C=O) groups excluding carboxylic acids is 2.